The maximum atomic E-state index is 11.3. The SMILES string of the molecule is CCC(=O)c1ccc([S+](C)C)cc1. The Labute approximate surface area is 82.5 Å². The Morgan fingerprint density at radius 1 is 1.23 bits per heavy atom. The van der Waals surface area contributed by atoms with Crippen LogP contribution >= 0.6 is 0 Å². The van der Waals surface area contributed by atoms with Crippen LogP contribution in [0.25, 0.3) is 0 Å². The van der Waals surface area contributed by atoms with Gasteiger partial charge in [0.2, 0.25) is 0 Å². The monoisotopic (exact) mass is 195 g/mol. The van der Waals surface area contributed by atoms with Crippen molar-refractivity contribution in [1.82, 2.24) is 0 Å². The highest BCUT2D eigenvalue weighted by molar-refractivity contribution is 7.95. The van der Waals surface area contributed by atoms with E-state index in [2.05, 4.69) is 12.5 Å². The average Bonchev–Trinajstić information content (AvgIpc) is 2.17. The van der Waals surface area contributed by atoms with Crippen molar-refractivity contribution >= 4 is 16.7 Å². The zero-order chi connectivity index (χ0) is 9.84. The largest absolute Gasteiger partial charge is 0.294 e. The molecule has 0 N–H and O–H groups in total. The molecule has 1 rings (SSSR count). The van der Waals surface area contributed by atoms with Crippen molar-refractivity contribution < 1.29 is 4.79 Å². The summed E-state index contributed by atoms with van der Waals surface area (Å²) in [7, 11) is 0.286. The van der Waals surface area contributed by atoms with Crippen LogP contribution in [0.3, 0.4) is 0 Å². The molecule has 1 aromatic carbocycles. The van der Waals surface area contributed by atoms with Crippen molar-refractivity contribution in [3.05, 3.63) is 29.8 Å². The first kappa shape index (κ1) is 10.3. The molecule has 0 saturated carbocycles. The van der Waals surface area contributed by atoms with Crippen molar-refractivity contribution in [1.29, 1.82) is 0 Å². The molecule has 1 aromatic rings. The van der Waals surface area contributed by atoms with Gasteiger partial charge in [-0.1, -0.05) is 6.92 Å². The van der Waals surface area contributed by atoms with E-state index in [4.69, 9.17) is 0 Å². The van der Waals surface area contributed by atoms with Gasteiger partial charge in [0.25, 0.3) is 0 Å². The summed E-state index contributed by atoms with van der Waals surface area (Å²) in [4.78, 5) is 12.6. The summed E-state index contributed by atoms with van der Waals surface area (Å²) in [5.74, 6) is 0.221. The molecule has 0 amide bonds. The summed E-state index contributed by atoms with van der Waals surface area (Å²) < 4.78 is 0. The number of carbonyl (C=O) groups is 1. The van der Waals surface area contributed by atoms with E-state index in [9.17, 15) is 4.79 Å². The topological polar surface area (TPSA) is 17.1 Å². The number of rotatable bonds is 3. The molecule has 0 spiro atoms. The lowest BCUT2D eigenvalue weighted by Crippen LogP contribution is -1.99. The van der Waals surface area contributed by atoms with E-state index in [1.54, 1.807) is 0 Å². The van der Waals surface area contributed by atoms with Crippen molar-refractivity contribution in [2.24, 2.45) is 0 Å². The summed E-state index contributed by atoms with van der Waals surface area (Å²) in [6, 6.07) is 7.94. The van der Waals surface area contributed by atoms with Crippen LogP contribution < -0.4 is 0 Å². The van der Waals surface area contributed by atoms with Crippen LogP contribution in [0, 0.1) is 0 Å². The molecule has 0 aromatic heterocycles. The zero-order valence-corrected chi connectivity index (χ0v) is 9.15. The van der Waals surface area contributed by atoms with Gasteiger partial charge in [-0.25, -0.2) is 0 Å². The van der Waals surface area contributed by atoms with Gasteiger partial charge in [-0.2, -0.15) is 0 Å². The van der Waals surface area contributed by atoms with E-state index in [1.165, 1.54) is 4.90 Å². The van der Waals surface area contributed by atoms with Crippen LogP contribution in [0.1, 0.15) is 23.7 Å². The Morgan fingerprint density at radius 2 is 1.77 bits per heavy atom. The predicted octanol–water partition coefficient (Wildman–Crippen LogP) is 2.52. The van der Waals surface area contributed by atoms with Gasteiger partial charge in [0.05, 0.1) is 0 Å². The molecule has 0 bridgehead atoms. The summed E-state index contributed by atoms with van der Waals surface area (Å²) in [6.45, 7) is 1.89. The molecule has 0 aliphatic rings. The standard InChI is InChI=1S/C11H15OS/c1-4-11(12)9-5-7-10(8-6-9)13(2)3/h5-8H,4H2,1-3H3/q+1. The molecule has 2 heteroatoms. The molecule has 0 aliphatic heterocycles. The molecule has 70 valence electrons. The van der Waals surface area contributed by atoms with Gasteiger partial charge in [0, 0.05) is 22.9 Å². The van der Waals surface area contributed by atoms with Gasteiger partial charge in [-0.3, -0.25) is 4.79 Å². The molecule has 0 atom stereocenters. The minimum Gasteiger partial charge on any atom is -0.294 e. The number of Topliss-reactive ketones (excluding diaryl/α,β-unsaturated/α-hetero) is 1. The summed E-state index contributed by atoms with van der Waals surface area (Å²) in [5.41, 5.74) is 0.830. The number of carbonyl (C=O) groups excluding carboxylic acids is 1. The molecular formula is C11H15OS+. The molecule has 0 heterocycles. The summed E-state index contributed by atoms with van der Waals surface area (Å²) in [6.07, 6.45) is 4.94. The lowest BCUT2D eigenvalue weighted by Gasteiger charge is -1.98. The van der Waals surface area contributed by atoms with Crippen molar-refractivity contribution in [2.75, 3.05) is 12.5 Å². The van der Waals surface area contributed by atoms with Gasteiger partial charge in [0.15, 0.2) is 10.7 Å². The van der Waals surface area contributed by atoms with Gasteiger partial charge in [0.1, 0.15) is 12.5 Å². The smallest absolute Gasteiger partial charge is 0.162 e. The Kier molecular flexibility index (Phi) is 3.55. The number of ketones is 1. The maximum Gasteiger partial charge on any atom is 0.162 e. The first-order valence-corrected chi connectivity index (χ1v) is 6.40. The van der Waals surface area contributed by atoms with E-state index in [1.807, 2.05) is 31.2 Å². The third-order valence-corrected chi connectivity index (χ3v) is 3.18. The van der Waals surface area contributed by atoms with Crippen LogP contribution in [0.15, 0.2) is 29.2 Å². The van der Waals surface area contributed by atoms with Crippen LogP contribution in [0.5, 0.6) is 0 Å². The van der Waals surface area contributed by atoms with Gasteiger partial charge in [-0.05, 0) is 24.3 Å². The van der Waals surface area contributed by atoms with Crippen molar-refractivity contribution in [3.8, 4) is 0 Å². The van der Waals surface area contributed by atoms with Crippen LogP contribution in [0.4, 0.5) is 0 Å². The van der Waals surface area contributed by atoms with Crippen LogP contribution in [-0.4, -0.2) is 18.3 Å². The van der Waals surface area contributed by atoms with Crippen LogP contribution in [-0.2, 0) is 10.9 Å². The number of hydrogen-bond acceptors (Lipinski definition) is 1. The molecule has 0 aliphatic carbocycles. The van der Waals surface area contributed by atoms with E-state index in [0.717, 1.165) is 5.56 Å². The van der Waals surface area contributed by atoms with Gasteiger partial charge >= 0.3 is 0 Å². The Hall–Kier alpha value is -0.760. The minimum absolute atomic E-state index is 0.221. The molecule has 0 saturated heterocycles. The second kappa shape index (κ2) is 4.47. The predicted molar refractivity (Wildman–Crippen MR) is 58.5 cm³/mol. The highest BCUT2D eigenvalue weighted by atomic mass is 32.2. The van der Waals surface area contributed by atoms with E-state index in [0.29, 0.717) is 6.42 Å². The molecule has 13 heavy (non-hydrogen) atoms. The Balaban J connectivity index is 2.87. The lowest BCUT2D eigenvalue weighted by molar-refractivity contribution is 0.0988. The molecule has 0 unspecified atom stereocenters. The average molecular weight is 195 g/mol. The van der Waals surface area contributed by atoms with Crippen LogP contribution in [0.2, 0.25) is 0 Å². The zero-order valence-electron chi connectivity index (χ0n) is 8.33. The minimum atomic E-state index is 0.221. The fourth-order valence-electron chi connectivity index (χ4n) is 1.12. The number of hydrogen-bond donors (Lipinski definition) is 0. The maximum absolute atomic E-state index is 11.3. The quantitative estimate of drug-likeness (QED) is 0.535. The number of benzene rings is 1. The Bertz CT molecular complexity index is 287. The van der Waals surface area contributed by atoms with Gasteiger partial charge in [-0.15, -0.1) is 0 Å². The first-order chi connectivity index (χ1) is 6.15. The molecule has 1 nitrogen and oxygen atoms in total. The third-order valence-electron chi connectivity index (χ3n) is 1.97. The summed E-state index contributed by atoms with van der Waals surface area (Å²) in [5, 5.41) is 0. The fraction of sp³-hybridized carbons (Fsp3) is 0.364. The van der Waals surface area contributed by atoms with Crippen molar-refractivity contribution in [2.45, 2.75) is 18.2 Å². The van der Waals surface area contributed by atoms with Gasteiger partial charge < -0.3 is 0 Å². The van der Waals surface area contributed by atoms with Crippen molar-refractivity contribution in [3.63, 3.8) is 0 Å². The third kappa shape index (κ3) is 2.59. The molecule has 0 fully saturated rings. The van der Waals surface area contributed by atoms with E-state index in [-0.39, 0.29) is 16.7 Å². The first-order valence-electron chi connectivity index (χ1n) is 4.36. The van der Waals surface area contributed by atoms with E-state index >= 15 is 0 Å². The highest BCUT2D eigenvalue weighted by Crippen LogP contribution is 2.11. The van der Waals surface area contributed by atoms with E-state index < -0.39 is 0 Å². The highest BCUT2D eigenvalue weighted by Gasteiger charge is 2.09. The second-order valence-electron chi connectivity index (χ2n) is 3.12. The fourth-order valence-corrected chi connectivity index (χ4v) is 1.80. The second-order valence-corrected chi connectivity index (χ2v) is 5.22. The molecule has 0 radical (unpaired) electrons. The lowest BCUT2D eigenvalue weighted by atomic mass is 10.1. The molecular weight excluding hydrogens is 180 g/mol. The summed E-state index contributed by atoms with van der Waals surface area (Å²) >= 11 is 0. The normalized spacial score (nSPS) is 10.5. The Morgan fingerprint density at radius 3 is 2.15 bits per heavy atom.